The van der Waals surface area contributed by atoms with Crippen LogP contribution in [0.25, 0.3) is 0 Å². The van der Waals surface area contributed by atoms with Crippen LogP contribution in [0.1, 0.15) is 22.8 Å². The lowest BCUT2D eigenvalue weighted by molar-refractivity contribution is -0.159. The summed E-state index contributed by atoms with van der Waals surface area (Å²) < 4.78 is 5.47. The van der Waals surface area contributed by atoms with Gasteiger partial charge in [-0.1, -0.05) is 29.8 Å². The molecule has 2 aromatic carbocycles. The third-order valence-corrected chi connectivity index (χ3v) is 4.79. The summed E-state index contributed by atoms with van der Waals surface area (Å²) in [5.41, 5.74) is 1.92. The molecule has 1 amide bonds. The molecule has 0 radical (unpaired) electrons. The molecule has 0 aromatic heterocycles. The number of aliphatic carboxylic acids is 2. The number of rotatable bonds is 5. The molecule has 1 aliphatic heterocycles. The topological polar surface area (TPSA) is 107 Å². The van der Waals surface area contributed by atoms with Gasteiger partial charge in [-0.2, -0.15) is 0 Å². The Labute approximate surface area is 185 Å². The maximum absolute atomic E-state index is 12.6. The summed E-state index contributed by atoms with van der Waals surface area (Å²) in [5, 5.41) is 15.4. The van der Waals surface area contributed by atoms with Gasteiger partial charge in [0.2, 0.25) is 0 Å². The van der Waals surface area contributed by atoms with Crippen LogP contribution < -0.4 is 4.74 Å². The number of carbonyl (C=O) groups excluding carboxylic acids is 1. The van der Waals surface area contributed by atoms with Crippen molar-refractivity contribution in [3.8, 4) is 5.75 Å². The van der Waals surface area contributed by atoms with Crippen molar-refractivity contribution in [1.29, 1.82) is 0 Å². The second kappa shape index (κ2) is 11.9. The molecule has 1 aliphatic rings. The number of benzene rings is 2. The molecule has 2 aromatic rings. The zero-order chi connectivity index (χ0) is 22.8. The lowest BCUT2D eigenvalue weighted by Gasteiger charge is -2.34. The van der Waals surface area contributed by atoms with E-state index in [0.29, 0.717) is 17.2 Å². The zero-order valence-electron chi connectivity index (χ0n) is 17.2. The number of piperazine rings is 1. The summed E-state index contributed by atoms with van der Waals surface area (Å²) in [6, 6.07) is 15.4. The summed E-state index contributed by atoms with van der Waals surface area (Å²) in [6.07, 6.45) is 0. The van der Waals surface area contributed by atoms with E-state index in [4.69, 9.17) is 36.1 Å². The maximum atomic E-state index is 12.6. The number of carboxylic acids is 2. The molecule has 2 N–H and O–H groups in total. The third kappa shape index (κ3) is 7.92. The second-order valence-corrected chi connectivity index (χ2v) is 7.20. The molecule has 31 heavy (non-hydrogen) atoms. The Morgan fingerprint density at radius 2 is 1.58 bits per heavy atom. The Hall–Kier alpha value is -3.10. The molecular weight excluding hydrogens is 424 g/mol. The van der Waals surface area contributed by atoms with Crippen molar-refractivity contribution in [2.75, 3.05) is 32.8 Å². The third-order valence-electron chi connectivity index (χ3n) is 4.55. The number of nitrogens with zero attached hydrogens (tertiary/aromatic N) is 2. The van der Waals surface area contributed by atoms with Crippen molar-refractivity contribution in [1.82, 2.24) is 9.80 Å². The Kier molecular flexibility index (Phi) is 9.30. The number of halogens is 1. The number of amides is 1. The van der Waals surface area contributed by atoms with Crippen LogP contribution in [0, 0.1) is 0 Å². The summed E-state index contributed by atoms with van der Waals surface area (Å²) in [7, 11) is 0. The SMILES string of the molecule is CCOc1ccc(CN2CCN(C(=O)c3cccc(Cl)c3)CC2)cc1.O=C(O)C(=O)O. The fraction of sp³-hybridized carbons (Fsp3) is 0.318. The van der Waals surface area contributed by atoms with Gasteiger partial charge in [-0.05, 0) is 42.8 Å². The highest BCUT2D eigenvalue weighted by atomic mass is 35.5. The number of hydrogen-bond acceptors (Lipinski definition) is 5. The van der Waals surface area contributed by atoms with E-state index in [0.717, 1.165) is 38.5 Å². The van der Waals surface area contributed by atoms with Crippen LogP contribution in [0.4, 0.5) is 0 Å². The predicted molar refractivity (Wildman–Crippen MR) is 116 cm³/mol. The van der Waals surface area contributed by atoms with Crippen molar-refractivity contribution in [2.24, 2.45) is 0 Å². The van der Waals surface area contributed by atoms with Crippen LogP contribution >= 0.6 is 11.6 Å². The Balaban J connectivity index is 0.000000501. The van der Waals surface area contributed by atoms with Crippen LogP contribution in [0.15, 0.2) is 48.5 Å². The van der Waals surface area contributed by atoms with Gasteiger partial charge in [-0.25, -0.2) is 9.59 Å². The maximum Gasteiger partial charge on any atom is 0.414 e. The molecule has 9 heteroatoms. The van der Waals surface area contributed by atoms with E-state index < -0.39 is 11.9 Å². The van der Waals surface area contributed by atoms with Gasteiger partial charge in [-0.15, -0.1) is 0 Å². The van der Waals surface area contributed by atoms with Crippen LogP contribution in [-0.2, 0) is 16.1 Å². The predicted octanol–water partition coefficient (Wildman–Crippen LogP) is 2.85. The quantitative estimate of drug-likeness (QED) is 0.677. The van der Waals surface area contributed by atoms with Crippen molar-refractivity contribution in [3.05, 3.63) is 64.7 Å². The molecular formula is C22H25ClN2O6. The highest BCUT2D eigenvalue weighted by molar-refractivity contribution is 6.31. The molecule has 1 heterocycles. The first kappa shape index (κ1) is 24.2. The number of carboxylic acid groups (broad SMARTS) is 2. The van der Waals surface area contributed by atoms with Crippen molar-refractivity contribution >= 4 is 29.4 Å². The van der Waals surface area contributed by atoms with Crippen LogP contribution in [0.5, 0.6) is 5.75 Å². The van der Waals surface area contributed by atoms with Crippen molar-refractivity contribution in [3.63, 3.8) is 0 Å². The van der Waals surface area contributed by atoms with E-state index in [2.05, 4.69) is 17.0 Å². The minimum absolute atomic E-state index is 0.0585. The fourth-order valence-electron chi connectivity index (χ4n) is 3.03. The van der Waals surface area contributed by atoms with E-state index in [1.165, 1.54) is 5.56 Å². The standard InChI is InChI=1S/C20H23ClN2O2.C2H2O4/c1-2-25-19-8-6-16(7-9-19)15-22-10-12-23(13-11-22)20(24)17-4-3-5-18(21)14-17;3-1(4)2(5)6/h3-9,14H,2,10-13,15H2,1H3;(H,3,4)(H,5,6). The minimum atomic E-state index is -1.82. The highest BCUT2D eigenvalue weighted by Crippen LogP contribution is 2.17. The molecule has 1 saturated heterocycles. The fourth-order valence-corrected chi connectivity index (χ4v) is 3.22. The lowest BCUT2D eigenvalue weighted by Crippen LogP contribution is -2.48. The summed E-state index contributed by atoms with van der Waals surface area (Å²) in [6.45, 7) is 6.79. The highest BCUT2D eigenvalue weighted by Gasteiger charge is 2.22. The molecule has 0 unspecified atom stereocenters. The molecule has 8 nitrogen and oxygen atoms in total. The van der Waals surface area contributed by atoms with E-state index in [1.807, 2.05) is 36.1 Å². The lowest BCUT2D eigenvalue weighted by atomic mass is 10.1. The van der Waals surface area contributed by atoms with Crippen LogP contribution in [-0.4, -0.2) is 70.6 Å². The minimum Gasteiger partial charge on any atom is -0.494 e. The molecule has 3 rings (SSSR count). The average molecular weight is 449 g/mol. The van der Waals surface area contributed by atoms with Gasteiger partial charge in [0.1, 0.15) is 5.75 Å². The first-order valence-electron chi connectivity index (χ1n) is 9.75. The smallest absolute Gasteiger partial charge is 0.414 e. The first-order valence-corrected chi connectivity index (χ1v) is 10.1. The van der Waals surface area contributed by atoms with Crippen molar-refractivity contribution in [2.45, 2.75) is 13.5 Å². The number of carbonyl (C=O) groups is 3. The van der Waals surface area contributed by atoms with Gasteiger partial charge in [0, 0.05) is 43.3 Å². The largest absolute Gasteiger partial charge is 0.494 e. The van der Waals surface area contributed by atoms with Crippen LogP contribution in [0.2, 0.25) is 5.02 Å². The van der Waals surface area contributed by atoms with Gasteiger partial charge in [0.05, 0.1) is 6.61 Å². The van der Waals surface area contributed by atoms with E-state index >= 15 is 0 Å². The summed E-state index contributed by atoms with van der Waals surface area (Å²) >= 11 is 5.98. The molecule has 0 saturated carbocycles. The second-order valence-electron chi connectivity index (χ2n) is 6.77. The molecule has 0 bridgehead atoms. The van der Waals surface area contributed by atoms with E-state index in [1.54, 1.807) is 12.1 Å². The number of hydrogen-bond donors (Lipinski definition) is 2. The number of ether oxygens (including phenoxy) is 1. The Morgan fingerprint density at radius 3 is 2.10 bits per heavy atom. The average Bonchev–Trinajstić information content (AvgIpc) is 2.76. The molecule has 0 atom stereocenters. The Morgan fingerprint density at radius 1 is 0.968 bits per heavy atom. The molecule has 0 spiro atoms. The zero-order valence-corrected chi connectivity index (χ0v) is 17.9. The first-order chi connectivity index (χ1) is 14.8. The van der Waals surface area contributed by atoms with E-state index in [-0.39, 0.29) is 5.91 Å². The van der Waals surface area contributed by atoms with Gasteiger partial charge in [0.15, 0.2) is 0 Å². The summed E-state index contributed by atoms with van der Waals surface area (Å²) in [5.74, 6) is -2.68. The van der Waals surface area contributed by atoms with Gasteiger partial charge < -0.3 is 19.8 Å². The van der Waals surface area contributed by atoms with E-state index in [9.17, 15) is 4.79 Å². The normalized spacial score (nSPS) is 13.7. The van der Waals surface area contributed by atoms with Crippen molar-refractivity contribution < 1.29 is 29.3 Å². The van der Waals surface area contributed by atoms with Gasteiger partial charge in [0.25, 0.3) is 5.91 Å². The monoisotopic (exact) mass is 448 g/mol. The van der Waals surface area contributed by atoms with Crippen LogP contribution in [0.3, 0.4) is 0 Å². The van der Waals surface area contributed by atoms with Gasteiger partial charge in [-0.3, -0.25) is 9.69 Å². The molecule has 166 valence electrons. The molecule has 0 aliphatic carbocycles. The summed E-state index contributed by atoms with van der Waals surface area (Å²) in [4.78, 5) is 35.0. The van der Waals surface area contributed by atoms with Gasteiger partial charge >= 0.3 is 11.9 Å². The molecule has 1 fully saturated rings. The Bertz CT molecular complexity index is 883.